The van der Waals surface area contributed by atoms with Crippen LogP contribution in [0, 0.1) is 5.92 Å². The predicted molar refractivity (Wildman–Crippen MR) is 78.1 cm³/mol. The van der Waals surface area contributed by atoms with E-state index >= 15 is 0 Å². The van der Waals surface area contributed by atoms with E-state index in [1.165, 1.54) is 0 Å². The number of nitrogen functional groups attached to an aromatic ring is 1. The van der Waals surface area contributed by atoms with Crippen molar-refractivity contribution in [1.82, 2.24) is 4.98 Å². The van der Waals surface area contributed by atoms with E-state index in [4.69, 9.17) is 29.0 Å². The van der Waals surface area contributed by atoms with Gasteiger partial charge >= 0.3 is 0 Å². The van der Waals surface area contributed by atoms with Crippen molar-refractivity contribution in [2.75, 3.05) is 5.43 Å². The number of rotatable bonds is 3. The molecule has 0 radical (unpaired) electrons. The number of hydrogen-bond acceptors (Lipinski definition) is 3. The van der Waals surface area contributed by atoms with Crippen LogP contribution in [0.3, 0.4) is 0 Å². The molecule has 0 aliphatic rings. The molecule has 0 saturated carbocycles. The largest absolute Gasteiger partial charge is 0.323 e. The van der Waals surface area contributed by atoms with E-state index in [1.807, 2.05) is 6.07 Å². The highest BCUT2D eigenvalue weighted by Crippen LogP contribution is 2.33. The summed E-state index contributed by atoms with van der Waals surface area (Å²) in [6.07, 6.45) is 0.884. The maximum absolute atomic E-state index is 6.18. The van der Waals surface area contributed by atoms with Gasteiger partial charge < -0.3 is 5.43 Å². The van der Waals surface area contributed by atoms with Crippen LogP contribution in [0.2, 0.25) is 10.0 Å². The van der Waals surface area contributed by atoms with E-state index in [2.05, 4.69) is 24.3 Å². The number of halogens is 2. The summed E-state index contributed by atoms with van der Waals surface area (Å²) in [5.74, 6) is 6.08. The fraction of sp³-hybridized carbons (Fsp3) is 0.308. The second kappa shape index (κ2) is 5.31. The molecule has 96 valence electrons. The zero-order chi connectivity index (χ0) is 13.3. The molecule has 0 aliphatic carbocycles. The van der Waals surface area contributed by atoms with Gasteiger partial charge in [0, 0.05) is 16.1 Å². The van der Waals surface area contributed by atoms with Crippen LogP contribution in [0.25, 0.3) is 10.9 Å². The van der Waals surface area contributed by atoms with Crippen molar-refractivity contribution in [1.29, 1.82) is 0 Å². The Morgan fingerprint density at radius 2 is 2.00 bits per heavy atom. The number of nitrogens with two attached hydrogens (primary N) is 1. The third-order valence-electron chi connectivity index (χ3n) is 2.65. The van der Waals surface area contributed by atoms with E-state index in [1.54, 1.807) is 12.1 Å². The van der Waals surface area contributed by atoms with Crippen LogP contribution in [0.1, 0.15) is 19.5 Å². The zero-order valence-corrected chi connectivity index (χ0v) is 11.8. The average Bonchev–Trinajstić information content (AvgIpc) is 2.25. The van der Waals surface area contributed by atoms with E-state index in [0.717, 1.165) is 28.7 Å². The lowest BCUT2D eigenvalue weighted by Gasteiger charge is -2.12. The summed E-state index contributed by atoms with van der Waals surface area (Å²) in [6.45, 7) is 4.29. The molecule has 0 atom stereocenters. The first-order chi connectivity index (χ1) is 8.51. The van der Waals surface area contributed by atoms with Crippen molar-refractivity contribution in [2.45, 2.75) is 20.3 Å². The Labute approximate surface area is 116 Å². The smallest absolute Gasteiger partial charge is 0.0756 e. The minimum absolute atomic E-state index is 0.523. The zero-order valence-electron chi connectivity index (χ0n) is 10.3. The fourth-order valence-electron chi connectivity index (χ4n) is 1.98. The van der Waals surface area contributed by atoms with Crippen molar-refractivity contribution in [3.8, 4) is 0 Å². The van der Waals surface area contributed by atoms with Crippen molar-refractivity contribution < 1.29 is 0 Å². The van der Waals surface area contributed by atoms with Gasteiger partial charge in [-0.2, -0.15) is 0 Å². The molecule has 0 fully saturated rings. The lowest BCUT2D eigenvalue weighted by molar-refractivity contribution is 0.637. The maximum Gasteiger partial charge on any atom is 0.0756 e. The second-order valence-electron chi connectivity index (χ2n) is 4.69. The van der Waals surface area contributed by atoms with Crippen LogP contribution in [0.15, 0.2) is 18.2 Å². The summed E-state index contributed by atoms with van der Waals surface area (Å²) >= 11 is 12.2. The standard InChI is InChI=1S/C13H15Cl2N3/c1-7(2)3-9-6-12(18-16)13-10(15)4-8(14)5-11(13)17-9/h4-7H,3,16H2,1-2H3,(H,17,18). The van der Waals surface area contributed by atoms with Crippen LogP contribution in [0.5, 0.6) is 0 Å². The first-order valence-electron chi connectivity index (χ1n) is 5.76. The molecule has 0 saturated heterocycles. The van der Waals surface area contributed by atoms with Crippen LogP contribution < -0.4 is 11.3 Å². The number of hydrazine groups is 1. The number of fused-ring (bicyclic) bond motifs is 1. The lowest BCUT2D eigenvalue weighted by Crippen LogP contribution is -2.09. The molecule has 1 aromatic carbocycles. The van der Waals surface area contributed by atoms with Gasteiger partial charge in [-0.05, 0) is 30.5 Å². The number of benzene rings is 1. The Balaban J connectivity index is 2.67. The molecule has 0 amide bonds. The highest BCUT2D eigenvalue weighted by molar-refractivity contribution is 6.39. The molecule has 18 heavy (non-hydrogen) atoms. The van der Waals surface area contributed by atoms with Crippen molar-refractivity contribution in [3.05, 3.63) is 33.9 Å². The molecule has 2 rings (SSSR count). The van der Waals surface area contributed by atoms with E-state index in [-0.39, 0.29) is 0 Å². The molecule has 0 spiro atoms. The number of nitrogens with zero attached hydrogens (tertiary/aromatic N) is 1. The number of hydrogen-bond donors (Lipinski definition) is 2. The molecule has 1 heterocycles. The number of aromatic nitrogens is 1. The van der Waals surface area contributed by atoms with Crippen LogP contribution in [0.4, 0.5) is 5.69 Å². The SMILES string of the molecule is CC(C)Cc1cc(NN)c2c(Cl)cc(Cl)cc2n1. The summed E-state index contributed by atoms with van der Waals surface area (Å²) in [5.41, 5.74) is 5.19. The molecule has 5 heteroatoms. The van der Waals surface area contributed by atoms with Gasteiger partial charge in [-0.25, -0.2) is 0 Å². The third-order valence-corrected chi connectivity index (χ3v) is 3.17. The number of nitrogens with one attached hydrogen (secondary N) is 1. The highest BCUT2D eigenvalue weighted by Gasteiger charge is 2.10. The molecule has 0 bridgehead atoms. The van der Waals surface area contributed by atoms with E-state index in [0.29, 0.717) is 16.0 Å². The van der Waals surface area contributed by atoms with Gasteiger partial charge in [-0.3, -0.25) is 10.8 Å². The maximum atomic E-state index is 6.18. The lowest BCUT2D eigenvalue weighted by atomic mass is 10.1. The van der Waals surface area contributed by atoms with E-state index in [9.17, 15) is 0 Å². The summed E-state index contributed by atoms with van der Waals surface area (Å²) in [5, 5.41) is 1.93. The second-order valence-corrected chi connectivity index (χ2v) is 5.53. The first-order valence-corrected chi connectivity index (χ1v) is 6.52. The Morgan fingerprint density at radius 1 is 1.28 bits per heavy atom. The topological polar surface area (TPSA) is 50.9 Å². The number of anilines is 1. The van der Waals surface area contributed by atoms with Gasteiger partial charge in [0.1, 0.15) is 0 Å². The van der Waals surface area contributed by atoms with Gasteiger partial charge in [0.05, 0.1) is 16.2 Å². The Bertz CT molecular complexity index is 582. The van der Waals surface area contributed by atoms with Gasteiger partial charge in [0.15, 0.2) is 0 Å². The average molecular weight is 284 g/mol. The van der Waals surface area contributed by atoms with Crippen LogP contribution in [-0.4, -0.2) is 4.98 Å². The van der Waals surface area contributed by atoms with E-state index < -0.39 is 0 Å². The summed E-state index contributed by atoms with van der Waals surface area (Å²) < 4.78 is 0. The molecule has 3 N–H and O–H groups in total. The fourth-order valence-corrected chi connectivity index (χ4v) is 2.56. The number of pyridine rings is 1. The van der Waals surface area contributed by atoms with Crippen molar-refractivity contribution >= 4 is 39.8 Å². The first kappa shape index (κ1) is 13.4. The minimum Gasteiger partial charge on any atom is -0.323 e. The summed E-state index contributed by atoms with van der Waals surface area (Å²) in [4.78, 5) is 4.58. The Morgan fingerprint density at radius 3 is 2.61 bits per heavy atom. The van der Waals surface area contributed by atoms with Gasteiger partial charge in [0.25, 0.3) is 0 Å². The van der Waals surface area contributed by atoms with Gasteiger partial charge in [0.2, 0.25) is 0 Å². The summed E-state index contributed by atoms with van der Waals surface area (Å²) in [7, 11) is 0. The molecule has 0 unspecified atom stereocenters. The van der Waals surface area contributed by atoms with Crippen LogP contribution in [-0.2, 0) is 6.42 Å². The van der Waals surface area contributed by atoms with Crippen molar-refractivity contribution in [3.63, 3.8) is 0 Å². The quantitative estimate of drug-likeness (QED) is 0.661. The molecular formula is C13H15Cl2N3. The molecule has 3 nitrogen and oxygen atoms in total. The van der Waals surface area contributed by atoms with Gasteiger partial charge in [-0.1, -0.05) is 37.0 Å². The highest BCUT2D eigenvalue weighted by atomic mass is 35.5. The Hall–Kier alpha value is -1.03. The van der Waals surface area contributed by atoms with Crippen LogP contribution >= 0.6 is 23.2 Å². The monoisotopic (exact) mass is 283 g/mol. The predicted octanol–water partition coefficient (Wildman–Crippen LogP) is 4.03. The van der Waals surface area contributed by atoms with Crippen molar-refractivity contribution in [2.24, 2.45) is 11.8 Å². The normalized spacial score (nSPS) is 11.2. The van der Waals surface area contributed by atoms with Gasteiger partial charge in [-0.15, -0.1) is 0 Å². The Kier molecular flexibility index (Phi) is 3.95. The summed E-state index contributed by atoms with van der Waals surface area (Å²) in [6, 6.07) is 5.42. The third kappa shape index (κ3) is 2.69. The molecule has 0 aliphatic heterocycles. The molecular weight excluding hydrogens is 269 g/mol. The molecule has 2 aromatic rings. The minimum atomic E-state index is 0.523. The molecule has 1 aromatic heterocycles.